The van der Waals surface area contributed by atoms with Crippen LogP contribution in [-0.2, 0) is 0 Å². The Labute approximate surface area is 118 Å². The Bertz CT molecular complexity index is 636. The molecule has 3 N–H and O–H groups in total. The molecule has 0 saturated carbocycles. The average molecular weight is 301 g/mol. The molecular weight excluding hydrogens is 291 g/mol. The largest absolute Gasteiger partial charge is 0.397 e. The fraction of sp³-hybridized carbons (Fsp3) is 0.0833. The first-order chi connectivity index (χ1) is 8.50. The molecule has 2 aromatic rings. The first-order valence-corrected chi connectivity index (χ1v) is 6.66. The van der Waals surface area contributed by atoms with E-state index in [9.17, 15) is 4.79 Å². The van der Waals surface area contributed by atoms with Gasteiger partial charge in [-0.15, -0.1) is 11.3 Å². The molecular formula is C12H10Cl2N2OS. The third-order valence-corrected chi connectivity index (χ3v) is 3.97. The van der Waals surface area contributed by atoms with Gasteiger partial charge in [-0.2, -0.15) is 0 Å². The van der Waals surface area contributed by atoms with Crippen molar-refractivity contribution in [2.24, 2.45) is 0 Å². The summed E-state index contributed by atoms with van der Waals surface area (Å²) in [6.07, 6.45) is 0. The van der Waals surface area contributed by atoms with Gasteiger partial charge in [-0.1, -0.05) is 35.8 Å². The van der Waals surface area contributed by atoms with E-state index in [1.165, 1.54) is 11.3 Å². The molecule has 18 heavy (non-hydrogen) atoms. The Morgan fingerprint density at radius 2 is 2.22 bits per heavy atom. The Balaban J connectivity index is 2.40. The molecule has 94 valence electrons. The molecule has 6 heteroatoms. The van der Waals surface area contributed by atoms with E-state index in [4.69, 9.17) is 28.9 Å². The topological polar surface area (TPSA) is 55.1 Å². The predicted octanol–water partition coefficient (Wildman–Crippen LogP) is 3.62. The molecule has 1 amide bonds. The number of benzene rings is 1. The minimum Gasteiger partial charge on any atom is -0.397 e. The summed E-state index contributed by atoms with van der Waals surface area (Å²) < 4.78 is 0.884. The SMILES string of the molecule is C=C(Cl)CNC(=O)c1sc2cccc(Cl)c2c1N. The van der Waals surface area contributed by atoms with Gasteiger partial charge in [0.2, 0.25) is 0 Å². The zero-order valence-corrected chi connectivity index (χ0v) is 11.6. The highest BCUT2D eigenvalue weighted by Gasteiger charge is 2.17. The second-order valence-electron chi connectivity index (χ2n) is 3.66. The predicted molar refractivity (Wildman–Crippen MR) is 78.6 cm³/mol. The van der Waals surface area contributed by atoms with Crippen LogP contribution >= 0.6 is 34.5 Å². The standard InChI is InChI=1S/C12H10Cl2N2OS/c1-6(13)5-16-12(17)11-10(15)9-7(14)3-2-4-8(9)18-11/h2-4H,1,5,15H2,(H,16,17). The lowest BCUT2D eigenvalue weighted by Crippen LogP contribution is -2.24. The van der Waals surface area contributed by atoms with Crippen molar-refractivity contribution in [3.63, 3.8) is 0 Å². The van der Waals surface area contributed by atoms with Gasteiger partial charge in [-0.05, 0) is 12.1 Å². The number of anilines is 1. The molecule has 1 aromatic carbocycles. The van der Waals surface area contributed by atoms with Crippen LogP contribution in [0.25, 0.3) is 10.1 Å². The van der Waals surface area contributed by atoms with E-state index in [1.807, 2.05) is 12.1 Å². The molecule has 0 radical (unpaired) electrons. The highest BCUT2D eigenvalue weighted by atomic mass is 35.5. The van der Waals surface area contributed by atoms with Crippen LogP contribution in [0.4, 0.5) is 5.69 Å². The van der Waals surface area contributed by atoms with Crippen LogP contribution in [-0.4, -0.2) is 12.5 Å². The first-order valence-electron chi connectivity index (χ1n) is 5.08. The zero-order valence-electron chi connectivity index (χ0n) is 9.30. The smallest absolute Gasteiger partial charge is 0.263 e. The van der Waals surface area contributed by atoms with Gasteiger partial charge >= 0.3 is 0 Å². The van der Waals surface area contributed by atoms with Crippen molar-refractivity contribution < 1.29 is 4.79 Å². The fourth-order valence-corrected chi connectivity index (χ4v) is 3.02. The van der Waals surface area contributed by atoms with Crippen LogP contribution in [0.2, 0.25) is 5.02 Å². The number of fused-ring (bicyclic) bond motifs is 1. The molecule has 0 bridgehead atoms. The number of carbonyl (C=O) groups excluding carboxylic acids is 1. The summed E-state index contributed by atoms with van der Waals surface area (Å²) >= 11 is 13.0. The van der Waals surface area contributed by atoms with E-state index in [0.717, 1.165) is 10.1 Å². The van der Waals surface area contributed by atoms with Crippen LogP contribution in [0.1, 0.15) is 9.67 Å². The number of thiophene rings is 1. The molecule has 1 heterocycles. The van der Waals surface area contributed by atoms with E-state index < -0.39 is 0 Å². The molecule has 0 atom stereocenters. The number of amides is 1. The Kier molecular flexibility index (Phi) is 3.80. The average Bonchev–Trinajstić information content (AvgIpc) is 2.65. The second-order valence-corrected chi connectivity index (χ2v) is 5.65. The summed E-state index contributed by atoms with van der Waals surface area (Å²) in [6.45, 7) is 3.71. The van der Waals surface area contributed by atoms with Crippen molar-refractivity contribution in [2.45, 2.75) is 0 Å². The number of nitrogens with one attached hydrogen (secondary N) is 1. The lowest BCUT2D eigenvalue weighted by atomic mass is 10.2. The number of hydrogen-bond donors (Lipinski definition) is 2. The van der Waals surface area contributed by atoms with Gasteiger partial charge in [0, 0.05) is 15.1 Å². The van der Waals surface area contributed by atoms with Crippen molar-refractivity contribution in [1.29, 1.82) is 0 Å². The normalized spacial score (nSPS) is 10.6. The maximum atomic E-state index is 11.9. The van der Waals surface area contributed by atoms with Crippen LogP contribution in [0, 0.1) is 0 Å². The van der Waals surface area contributed by atoms with Gasteiger partial charge in [-0.3, -0.25) is 4.79 Å². The van der Waals surface area contributed by atoms with Crippen molar-refractivity contribution in [3.05, 3.63) is 39.7 Å². The fourth-order valence-electron chi connectivity index (χ4n) is 1.55. The molecule has 1 aromatic heterocycles. The van der Waals surface area contributed by atoms with Crippen molar-refractivity contribution >= 4 is 56.2 Å². The highest BCUT2D eigenvalue weighted by Crippen LogP contribution is 2.37. The number of nitrogen functional groups attached to an aromatic ring is 1. The van der Waals surface area contributed by atoms with Gasteiger partial charge in [0.1, 0.15) is 4.88 Å². The van der Waals surface area contributed by atoms with E-state index in [-0.39, 0.29) is 12.5 Å². The third-order valence-electron chi connectivity index (χ3n) is 2.35. The Morgan fingerprint density at radius 1 is 1.50 bits per heavy atom. The summed E-state index contributed by atoms with van der Waals surface area (Å²) in [6, 6.07) is 5.44. The number of nitrogens with two attached hydrogens (primary N) is 1. The van der Waals surface area contributed by atoms with Crippen molar-refractivity contribution in [1.82, 2.24) is 5.32 Å². The van der Waals surface area contributed by atoms with E-state index in [1.54, 1.807) is 6.07 Å². The van der Waals surface area contributed by atoms with Gasteiger partial charge in [0.25, 0.3) is 5.91 Å². The molecule has 0 saturated heterocycles. The maximum absolute atomic E-state index is 11.9. The quantitative estimate of drug-likeness (QED) is 0.909. The summed E-state index contributed by atoms with van der Waals surface area (Å²) in [5, 5.41) is 4.26. The molecule has 0 fully saturated rings. The first kappa shape index (κ1) is 13.2. The molecule has 0 unspecified atom stereocenters. The summed E-state index contributed by atoms with van der Waals surface area (Å²) in [4.78, 5) is 12.4. The molecule has 0 spiro atoms. The Morgan fingerprint density at radius 3 is 2.83 bits per heavy atom. The number of hydrogen-bond acceptors (Lipinski definition) is 3. The van der Waals surface area contributed by atoms with Crippen molar-refractivity contribution in [3.8, 4) is 0 Å². The molecule has 3 nitrogen and oxygen atoms in total. The van der Waals surface area contributed by atoms with Gasteiger partial charge in [-0.25, -0.2) is 0 Å². The van der Waals surface area contributed by atoms with Gasteiger partial charge in [0.05, 0.1) is 17.3 Å². The van der Waals surface area contributed by atoms with Crippen LogP contribution in [0.15, 0.2) is 29.8 Å². The zero-order chi connectivity index (χ0) is 13.3. The third kappa shape index (κ3) is 2.46. The van der Waals surface area contributed by atoms with E-state index in [2.05, 4.69) is 11.9 Å². The minimum absolute atomic E-state index is 0.210. The summed E-state index contributed by atoms with van der Waals surface area (Å²) in [5.74, 6) is -0.272. The molecule has 0 aliphatic heterocycles. The van der Waals surface area contributed by atoms with Gasteiger partial charge in [0.15, 0.2) is 0 Å². The molecule has 2 rings (SSSR count). The monoisotopic (exact) mass is 300 g/mol. The maximum Gasteiger partial charge on any atom is 0.263 e. The minimum atomic E-state index is -0.272. The lowest BCUT2D eigenvalue weighted by Gasteiger charge is -2.02. The molecule has 0 aliphatic rings. The second kappa shape index (κ2) is 5.18. The Hall–Kier alpha value is -1.23. The highest BCUT2D eigenvalue weighted by molar-refractivity contribution is 7.21. The van der Waals surface area contributed by atoms with Crippen LogP contribution < -0.4 is 11.1 Å². The number of carbonyl (C=O) groups is 1. The number of rotatable bonds is 3. The van der Waals surface area contributed by atoms with E-state index in [0.29, 0.717) is 20.6 Å². The molecule has 0 aliphatic carbocycles. The summed E-state index contributed by atoms with van der Waals surface area (Å²) in [7, 11) is 0. The number of halogens is 2. The van der Waals surface area contributed by atoms with Crippen LogP contribution in [0.5, 0.6) is 0 Å². The lowest BCUT2D eigenvalue weighted by molar-refractivity contribution is 0.0962. The van der Waals surface area contributed by atoms with Gasteiger partial charge < -0.3 is 11.1 Å². The van der Waals surface area contributed by atoms with Crippen molar-refractivity contribution in [2.75, 3.05) is 12.3 Å². The van der Waals surface area contributed by atoms with Crippen LogP contribution in [0.3, 0.4) is 0 Å². The summed E-state index contributed by atoms with van der Waals surface area (Å²) in [5.41, 5.74) is 6.36. The van der Waals surface area contributed by atoms with E-state index >= 15 is 0 Å².